The number of nitrogens with zero attached hydrogens (tertiary/aromatic N) is 7. The van der Waals surface area contributed by atoms with Crippen LogP contribution in [0.1, 0.15) is 16.8 Å². The number of nitrogens with one attached hydrogen (secondary N) is 1. The van der Waals surface area contributed by atoms with E-state index in [1.807, 2.05) is 67.6 Å². The van der Waals surface area contributed by atoms with Gasteiger partial charge in [-0.25, -0.2) is 10.1 Å². The number of tetrazole rings is 1. The number of hydrogen-bond donors (Lipinski definition) is 1. The van der Waals surface area contributed by atoms with Crippen molar-refractivity contribution in [2.45, 2.75) is 20.0 Å². The number of hydrogen-bond acceptors (Lipinski definition) is 6. The molecule has 0 unspecified atom stereocenters. The molecule has 4 aromatic rings. The first-order valence-corrected chi connectivity index (χ1v) is 9.90. The lowest BCUT2D eigenvalue weighted by atomic mass is 10.2. The van der Waals surface area contributed by atoms with E-state index in [-0.39, 0.29) is 6.54 Å². The van der Waals surface area contributed by atoms with Gasteiger partial charge in [0.25, 0.3) is 5.91 Å². The van der Waals surface area contributed by atoms with E-state index in [0.717, 1.165) is 11.1 Å². The zero-order valence-electron chi connectivity index (χ0n) is 16.7. The maximum absolute atomic E-state index is 12.2. The third-order valence-electron chi connectivity index (χ3n) is 4.44. The molecule has 0 spiro atoms. The van der Waals surface area contributed by atoms with Crippen LogP contribution in [0.25, 0.3) is 11.4 Å². The highest BCUT2D eigenvalue weighted by molar-refractivity contribution is 6.32. The lowest BCUT2D eigenvalue weighted by Crippen LogP contribution is -2.24. The van der Waals surface area contributed by atoms with Crippen molar-refractivity contribution in [3.05, 3.63) is 82.6 Å². The lowest BCUT2D eigenvalue weighted by molar-refractivity contribution is -0.122. The predicted molar refractivity (Wildman–Crippen MR) is 117 cm³/mol. The highest BCUT2D eigenvalue weighted by Gasteiger charge is 2.13. The molecule has 4 rings (SSSR count). The molecule has 0 fully saturated rings. The molecule has 9 nitrogen and oxygen atoms in total. The fourth-order valence-corrected chi connectivity index (χ4v) is 3.20. The molecule has 0 saturated heterocycles. The average Bonchev–Trinajstić information content (AvgIpc) is 3.35. The molecule has 10 heteroatoms. The Balaban J connectivity index is 1.36. The Kier molecular flexibility index (Phi) is 6.13. The van der Waals surface area contributed by atoms with Gasteiger partial charge in [-0.1, -0.05) is 72.3 Å². The first-order valence-electron chi connectivity index (χ1n) is 9.52. The third-order valence-corrected chi connectivity index (χ3v) is 4.84. The van der Waals surface area contributed by atoms with E-state index in [2.05, 4.69) is 31.0 Å². The van der Waals surface area contributed by atoms with Gasteiger partial charge >= 0.3 is 0 Å². The topological polar surface area (TPSA) is 103 Å². The summed E-state index contributed by atoms with van der Waals surface area (Å²) in [6, 6.07) is 19.3. The van der Waals surface area contributed by atoms with Crippen LogP contribution in [0.15, 0.2) is 65.8 Å². The first-order chi connectivity index (χ1) is 15.1. The van der Waals surface area contributed by atoms with E-state index in [4.69, 9.17) is 11.6 Å². The molecule has 0 radical (unpaired) electrons. The Hall–Kier alpha value is -3.85. The summed E-state index contributed by atoms with van der Waals surface area (Å²) in [5.41, 5.74) is 5.71. The first kappa shape index (κ1) is 20.4. The molecule has 0 bridgehead atoms. The largest absolute Gasteiger partial charge is 0.271 e. The smallest absolute Gasteiger partial charge is 0.263 e. The number of halogens is 1. The number of carbonyl (C=O) groups excluding carboxylic acids is 1. The van der Waals surface area contributed by atoms with Crippen LogP contribution in [-0.2, 0) is 17.9 Å². The number of aromatic nitrogens is 6. The molecular formula is C21H19ClN8O. The summed E-state index contributed by atoms with van der Waals surface area (Å²) in [6.07, 6.45) is 1.48. The van der Waals surface area contributed by atoms with Crippen molar-refractivity contribution in [3.63, 3.8) is 0 Å². The van der Waals surface area contributed by atoms with Gasteiger partial charge in [0.05, 0.1) is 24.0 Å². The number of carbonyl (C=O) groups is 1. The maximum atomic E-state index is 12.2. The predicted octanol–water partition coefficient (Wildman–Crippen LogP) is 2.70. The molecule has 1 amide bonds. The maximum Gasteiger partial charge on any atom is 0.263 e. The van der Waals surface area contributed by atoms with Gasteiger partial charge in [-0.2, -0.15) is 15.0 Å². The second-order valence-corrected chi connectivity index (χ2v) is 7.09. The second-order valence-electron chi connectivity index (χ2n) is 6.74. The van der Waals surface area contributed by atoms with E-state index in [1.165, 1.54) is 11.0 Å². The molecule has 0 saturated carbocycles. The number of aryl methyl sites for hydroxylation is 1. The minimum atomic E-state index is -0.390. The zero-order valence-corrected chi connectivity index (χ0v) is 17.4. The summed E-state index contributed by atoms with van der Waals surface area (Å²) in [6.45, 7) is 2.26. The monoisotopic (exact) mass is 434 g/mol. The van der Waals surface area contributed by atoms with Gasteiger partial charge in [-0.3, -0.25) is 4.79 Å². The molecule has 0 aliphatic heterocycles. The number of hydrazone groups is 1. The van der Waals surface area contributed by atoms with E-state index in [0.29, 0.717) is 28.8 Å². The summed E-state index contributed by atoms with van der Waals surface area (Å²) >= 11 is 6.45. The van der Waals surface area contributed by atoms with Gasteiger partial charge in [0.2, 0.25) is 5.82 Å². The van der Waals surface area contributed by atoms with Gasteiger partial charge in [0, 0.05) is 5.56 Å². The minimum absolute atomic E-state index is 0.114. The fraction of sp³-hybridized carbons (Fsp3) is 0.143. The molecular weight excluding hydrogens is 416 g/mol. The van der Waals surface area contributed by atoms with E-state index >= 15 is 0 Å². The molecule has 1 N–H and O–H groups in total. The standard InChI is InChI=1S/C21H19ClN8O/c1-15-18(20(22)29(26-15)13-16-8-4-2-5-9-16)12-23-24-19(31)14-30-27-21(25-28-30)17-10-6-3-7-11-17/h2-12H,13-14H2,1H3,(H,24,31)/b23-12+. The quantitative estimate of drug-likeness (QED) is 0.356. The van der Waals surface area contributed by atoms with Crippen molar-refractivity contribution < 1.29 is 4.79 Å². The highest BCUT2D eigenvalue weighted by Crippen LogP contribution is 2.19. The molecule has 2 heterocycles. The van der Waals surface area contributed by atoms with Gasteiger partial charge < -0.3 is 0 Å². The molecule has 0 aliphatic carbocycles. The van der Waals surface area contributed by atoms with Crippen LogP contribution in [0.5, 0.6) is 0 Å². The van der Waals surface area contributed by atoms with Crippen molar-refractivity contribution in [1.29, 1.82) is 0 Å². The Morgan fingerprint density at radius 1 is 1.10 bits per heavy atom. The fourth-order valence-electron chi connectivity index (χ4n) is 2.92. The molecule has 2 aromatic heterocycles. The summed E-state index contributed by atoms with van der Waals surface area (Å²) in [5, 5.41) is 21.0. The molecule has 0 atom stereocenters. The van der Waals surface area contributed by atoms with Crippen LogP contribution < -0.4 is 5.43 Å². The van der Waals surface area contributed by atoms with Crippen LogP contribution >= 0.6 is 11.6 Å². The van der Waals surface area contributed by atoms with Gasteiger partial charge in [0.1, 0.15) is 11.7 Å². The minimum Gasteiger partial charge on any atom is -0.271 e. The van der Waals surface area contributed by atoms with Crippen LogP contribution in [0, 0.1) is 6.92 Å². The van der Waals surface area contributed by atoms with Crippen LogP contribution in [-0.4, -0.2) is 42.1 Å². The van der Waals surface area contributed by atoms with Crippen molar-refractivity contribution in [3.8, 4) is 11.4 Å². The Labute approximate surface area is 183 Å². The molecule has 0 aliphatic rings. The van der Waals surface area contributed by atoms with Crippen LogP contribution in [0.3, 0.4) is 0 Å². The van der Waals surface area contributed by atoms with Crippen LogP contribution in [0.4, 0.5) is 0 Å². The number of rotatable bonds is 7. The van der Waals surface area contributed by atoms with Gasteiger partial charge in [-0.15, -0.1) is 10.2 Å². The second kappa shape index (κ2) is 9.31. The van der Waals surface area contributed by atoms with E-state index < -0.39 is 5.91 Å². The Bertz CT molecular complexity index is 1200. The Morgan fingerprint density at radius 3 is 2.55 bits per heavy atom. The van der Waals surface area contributed by atoms with E-state index in [1.54, 1.807) is 4.68 Å². The molecule has 156 valence electrons. The van der Waals surface area contributed by atoms with Crippen molar-refractivity contribution >= 4 is 23.7 Å². The number of benzene rings is 2. The number of amides is 1. The summed E-state index contributed by atoms with van der Waals surface area (Å²) in [5.74, 6) is 0.0591. The summed E-state index contributed by atoms with van der Waals surface area (Å²) in [7, 11) is 0. The molecule has 2 aromatic carbocycles. The van der Waals surface area contributed by atoms with Gasteiger partial charge in [0.15, 0.2) is 0 Å². The SMILES string of the molecule is Cc1nn(Cc2ccccc2)c(Cl)c1/C=N/NC(=O)Cn1nnc(-c2ccccc2)n1. The molecule has 31 heavy (non-hydrogen) atoms. The van der Waals surface area contributed by atoms with Crippen molar-refractivity contribution in [1.82, 2.24) is 35.4 Å². The van der Waals surface area contributed by atoms with E-state index in [9.17, 15) is 4.79 Å². The zero-order chi connectivity index (χ0) is 21.6. The van der Waals surface area contributed by atoms with Crippen molar-refractivity contribution in [2.24, 2.45) is 5.10 Å². The summed E-state index contributed by atoms with van der Waals surface area (Å²) < 4.78 is 1.69. The lowest BCUT2D eigenvalue weighted by Gasteiger charge is -2.03. The van der Waals surface area contributed by atoms with Crippen molar-refractivity contribution in [2.75, 3.05) is 0 Å². The van der Waals surface area contributed by atoms with Crippen LogP contribution in [0.2, 0.25) is 5.15 Å². The van der Waals surface area contributed by atoms with Gasteiger partial charge in [-0.05, 0) is 17.7 Å². The summed E-state index contributed by atoms with van der Waals surface area (Å²) in [4.78, 5) is 13.4. The third kappa shape index (κ3) is 5.01. The average molecular weight is 435 g/mol. The highest BCUT2D eigenvalue weighted by atomic mass is 35.5. The normalized spacial score (nSPS) is 11.2. The Morgan fingerprint density at radius 2 is 1.81 bits per heavy atom.